The number of aromatic amines is 2. The molecule has 7 nitrogen and oxygen atoms in total. The molecule has 196 valence electrons. The molecule has 2 N–H and O–H groups in total. The van der Waals surface area contributed by atoms with Crippen LogP contribution < -0.4 is 20.2 Å². The number of ether oxygens (including phenoxy) is 1. The number of anilines is 1. The Balaban J connectivity index is 1.51. The Morgan fingerprint density at radius 3 is 2.62 bits per heavy atom. The molecule has 0 saturated heterocycles. The zero-order chi connectivity index (χ0) is 26.9. The fourth-order valence-corrected chi connectivity index (χ4v) is 4.98. The quantitative estimate of drug-likeness (QED) is 0.339. The number of nitrogens with zero attached hydrogens (tertiary/aromatic N) is 4. The van der Waals surface area contributed by atoms with Crippen LogP contribution in [-0.4, -0.2) is 46.4 Å². The summed E-state index contributed by atoms with van der Waals surface area (Å²) in [5.74, 6) is 0.0962. The standard InChI is InChI=1S/C31H29FN6O/c1-38(2)23-10-21(15-33-16-23)19-7-5-4-6-8-28-26(12-19)31(37-36-28)29-14-25-27(17-34-18-30(25)35-29)20-9-22(32)13-24(11-20)39-3/h7-18,35-36H,4-6H2,1-3H3/b19-7+,26-12+,28-8-. The first-order chi connectivity index (χ1) is 19.0. The molecule has 0 spiro atoms. The lowest BCUT2D eigenvalue weighted by molar-refractivity contribution is 0.411. The number of nitrogens with one attached hydrogen (secondary N) is 2. The van der Waals surface area contributed by atoms with Gasteiger partial charge < -0.3 is 14.6 Å². The van der Waals surface area contributed by atoms with Gasteiger partial charge in [-0.2, -0.15) is 5.10 Å². The SMILES string of the molecule is COc1cc(F)cc(-c2cncc3[nH]c(-c4n[nH]c5/c4=C\C(c4cncc(N(C)C)c4)=C/CCC/C=5)cc23)c1. The van der Waals surface area contributed by atoms with Crippen molar-refractivity contribution in [1.29, 1.82) is 0 Å². The first-order valence-corrected chi connectivity index (χ1v) is 12.9. The van der Waals surface area contributed by atoms with E-state index in [0.29, 0.717) is 11.3 Å². The summed E-state index contributed by atoms with van der Waals surface area (Å²) in [6.45, 7) is 0. The van der Waals surface area contributed by atoms with Gasteiger partial charge in [-0.15, -0.1) is 0 Å². The molecule has 1 aromatic carbocycles. The topological polar surface area (TPSA) is 82.7 Å². The van der Waals surface area contributed by atoms with Crippen LogP contribution in [0.4, 0.5) is 10.1 Å². The summed E-state index contributed by atoms with van der Waals surface area (Å²) in [5.41, 5.74) is 7.22. The van der Waals surface area contributed by atoms with E-state index in [2.05, 4.69) is 55.3 Å². The molecule has 5 aromatic rings. The van der Waals surface area contributed by atoms with E-state index in [4.69, 9.17) is 9.84 Å². The lowest BCUT2D eigenvalue weighted by atomic mass is 10.0. The van der Waals surface area contributed by atoms with Gasteiger partial charge in [0, 0.05) is 54.3 Å². The zero-order valence-corrected chi connectivity index (χ0v) is 22.1. The molecule has 8 heteroatoms. The van der Waals surface area contributed by atoms with E-state index in [1.807, 2.05) is 32.6 Å². The lowest BCUT2D eigenvalue weighted by Crippen LogP contribution is -2.24. The molecule has 0 aliphatic heterocycles. The van der Waals surface area contributed by atoms with Gasteiger partial charge in [0.2, 0.25) is 0 Å². The fourth-order valence-electron chi connectivity index (χ4n) is 4.98. The number of hydrogen-bond donors (Lipinski definition) is 2. The second-order valence-corrected chi connectivity index (χ2v) is 9.88. The van der Waals surface area contributed by atoms with Gasteiger partial charge in [0.15, 0.2) is 0 Å². The summed E-state index contributed by atoms with van der Waals surface area (Å²) in [5, 5.41) is 10.9. The van der Waals surface area contributed by atoms with Crippen molar-refractivity contribution in [2.75, 3.05) is 26.1 Å². The average Bonchev–Trinajstić information content (AvgIpc) is 3.56. The van der Waals surface area contributed by atoms with Crippen LogP contribution in [0.15, 0.2) is 61.2 Å². The maximum absolute atomic E-state index is 14.3. The van der Waals surface area contributed by atoms with E-state index < -0.39 is 0 Å². The molecular formula is C31H29FN6O. The fraction of sp³-hybridized carbons (Fsp3) is 0.194. The van der Waals surface area contributed by atoms with Crippen molar-refractivity contribution in [1.82, 2.24) is 25.1 Å². The Labute approximate surface area is 225 Å². The predicted molar refractivity (Wildman–Crippen MR) is 154 cm³/mol. The van der Waals surface area contributed by atoms with Gasteiger partial charge >= 0.3 is 0 Å². The van der Waals surface area contributed by atoms with Crippen LogP contribution in [0.1, 0.15) is 24.8 Å². The van der Waals surface area contributed by atoms with Crippen LogP contribution >= 0.6 is 0 Å². The third kappa shape index (κ3) is 4.81. The van der Waals surface area contributed by atoms with Crippen molar-refractivity contribution in [3.05, 3.63) is 83.1 Å². The van der Waals surface area contributed by atoms with Gasteiger partial charge in [0.05, 0.1) is 41.8 Å². The number of fused-ring (bicyclic) bond motifs is 2. The molecule has 0 bridgehead atoms. The van der Waals surface area contributed by atoms with Crippen molar-refractivity contribution >= 4 is 34.3 Å². The van der Waals surface area contributed by atoms with Crippen LogP contribution in [-0.2, 0) is 0 Å². The molecule has 1 aliphatic carbocycles. The summed E-state index contributed by atoms with van der Waals surface area (Å²) in [4.78, 5) is 14.4. The molecule has 0 unspecified atom stereocenters. The molecule has 0 saturated carbocycles. The summed E-state index contributed by atoms with van der Waals surface area (Å²) < 4.78 is 19.6. The average molecular weight is 521 g/mol. The third-order valence-corrected chi connectivity index (χ3v) is 7.05. The lowest BCUT2D eigenvalue weighted by Gasteiger charge is -2.13. The zero-order valence-electron chi connectivity index (χ0n) is 22.1. The maximum atomic E-state index is 14.3. The van der Waals surface area contributed by atoms with Gasteiger partial charge in [-0.1, -0.05) is 12.2 Å². The first-order valence-electron chi connectivity index (χ1n) is 12.9. The Hall–Kier alpha value is -4.72. The highest BCUT2D eigenvalue weighted by Crippen LogP contribution is 2.33. The molecule has 0 atom stereocenters. The minimum atomic E-state index is -0.362. The Bertz CT molecular complexity index is 1830. The maximum Gasteiger partial charge on any atom is 0.127 e. The molecule has 0 fully saturated rings. The first kappa shape index (κ1) is 24.6. The van der Waals surface area contributed by atoms with E-state index in [9.17, 15) is 4.39 Å². The second-order valence-electron chi connectivity index (χ2n) is 9.88. The molecular weight excluding hydrogens is 491 g/mol. The molecule has 6 rings (SSSR count). The Kier molecular flexibility index (Phi) is 6.44. The molecule has 1 aliphatic rings. The minimum Gasteiger partial charge on any atom is -0.497 e. The van der Waals surface area contributed by atoms with Crippen molar-refractivity contribution in [2.24, 2.45) is 0 Å². The number of halogens is 1. The highest BCUT2D eigenvalue weighted by Gasteiger charge is 2.15. The number of allylic oxidation sites excluding steroid dienone is 2. The van der Waals surface area contributed by atoms with Gasteiger partial charge in [0.1, 0.15) is 17.3 Å². The highest BCUT2D eigenvalue weighted by molar-refractivity contribution is 5.98. The normalized spacial score (nSPS) is 16.5. The number of aromatic nitrogens is 5. The van der Waals surface area contributed by atoms with E-state index in [0.717, 1.165) is 74.5 Å². The van der Waals surface area contributed by atoms with Crippen LogP contribution in [0.2, 0.25) is 0 Å². The number of benzene rings is 1. The summed E-state index contributed by atoms with van der Waals surface area (Å²) >= 11 is 0. The Morgan fingerprint density at radius 1 is 0.923 bits per heavy atom. The van der Waals surface area contributed by atoms with Gasteiger partial charge in [-0.05, 0) is 60.7 Å². The van der Waals surface area contributed by atoms with Gasteiger partial charge in [0.25, 0.3) is 0 Å². The molecule has 0 amide bonds. The van der Waals surface area contributed by atoms with Crippen LogP contribution in [0.5, 0.6) is 5.75 Å². The van der Waals surface area contributed by atoms with E-state index >= 15 is 0 Å². The van der Waals surface area contributed by atoms with E-state index in [-0.39, 0.29) is 5.82 Å². The van der Waals surface area contributed by atoms with Crippen molar-refractivity contribution in [3.8, 4) is 28.3 Å². The smallest absolute Gasteiger partial charge is 0.127 e. The Morgan fingerprint density at radius 2 is 1.77 bits per heavy atom. The molecule has 4 heterocycles. The van der Waals surface area contributed by atoms with Gasteiger partial charge in [-0.3, -0.25) is 15.1 Å². The second kappa shape index (κ2) is 10.2. The number of hydrogen-bond acceptors (Lipinski definition) is 5. The number of pyridine rings is 2. The van der Waals surface area contributed by atoms with Crippen LogP contribution in [0.3, 0.4) is 0 Å². The molecule has 39 heavy (non-hydrogen) atoms. The minimum absolute atomic E-state index is 0.362. The van der Waals surface area contributed by atoms with Crippen LogP contribution in [0, 0.1) is 5.82 Å². The van der Waals surface area contributed by atoms with E-state index in [1.54, 1.807) is 12.4 Å². The van der Waals surface area contributed by atoms with Crippen LogP contribution in [0.25, 0.3) is 51.1 Å². The number of H-pyrrole nitrogens is 2. The van der Waals surface area contributed by atoms with E-state index in [1.165, 1.54) is 19.2 Å². The highest BCUT2D eigenvalue weighted by atomic mass is 19.1. The monoisotopic (exact) mass is 520 g/mol. The van der Waals surface area contributed by atoms with Gasteiger partial charge in [-0.25, -0.2) is 4.39 Å². The van der Waals surface area contributed by atoms with Crippen molar-refractivity contribution in [2.45, 2.75) is 19.3 Å². The largest absolute Gasteiger partial charge is 0.497 e. The summed E-state index contributed by atoms with van der Waals surface area (Å²) in [6, 6.07) is 8.89. The molecule has 4 aromatic heterocycles. The summed E-state index contributed by atoms with van der Waals surface area (Å²) in [6.07, 6.45) is 16.9. The number of rotatable bonds is 5. The summed E-state index contributed by atoms with van der Waals surface area (Å²) in [7, 11) is 5.56. The third-order valence-electron chi connectivity index (χ3n) is 7.05. The van der Waals surface area contributed by atoms with Crippen molar-refractivity contribution < 1.29 is 9.13 Å². The number of methoxy groups -OCH3 is 1. The molecule has 0 radical (unpaired) electrons. The predicted octanol–water partition coefficient (Wildman–Crippen LogP) is 5.06. The van der Waals surface area contributed by atoms with Crippen molar-refractivity contribution in [3.63, 3.8) is 0 Å².